The number of allylic oxidation sites excluding steroid dienone is 2. The highest BCUT2D eigenvalue weighted by Crippen LogP contribution is 2.38. The van der Waals surface area contributed by atoms with Crippen molar-refractivity contribution >= 4 is 57.6 Å². The SMILES string of the molecule is CCn1nc(C)c2c1C(=O)Nc1nc3cc(C(N)=O)cc(OCCN4CC5(CCOC5)C4)c3n1C/C=C/Cn1c(nc3cc(C(N)=O)cc(OC)c31)NC(=O)c1n(CC)nc(C)[n+]1-2. The number of aromatic nitrogens is 9. The van der Waals surface area contributed by atoms with E-state index in [0.29, 0.717) is 77.0 Å². The predicted octanol–water partition coefficient (Wildman–Crippen LogP) is 2.09. The van der Waals surface area contributed by atoms with Gasteiger partial charge in [-0.05, 0) is 51.5 Å². The second-order valence-electron chi connectivity index (χ2n) is 16.1. The Hall–Kier alpha value is -7.13. The number of nitrogens with two attached hydrogens (primary N) is 2. The van der Waals surface area contributed by atoms with Gasteiger partial charge in [-0.2, -0.15) is 9.67 Å². The zero-order valence-corrected chi connectivity index (χ0v) is 35.7. The lowest BCUT2D eigenvalue weighted by atomic mass is 9.79. The molecule has 6 N–H and O–H groups in total. The number of amides is 4. The number of nitrogens with one attached hydrogen (secondary N) is 2. The molecule has 3 aliphatic rings. The topological polar surface area (TPSA) is 250 Å². The summed E-state index contributed by atoms with van der Waals surface area (Å²) in [6.45, 7) is 12.6. The number of carbonyl (C=O) groups excluding carboxylic acids is 4. The third kappa shape index (κ3) is 7.11. The summed E-state index contributed by atoms with van der Waals surface area (Å²) in [6, 6.07) is 6.25. The molecule has 2 saturated heterocycles. The number of aryl methyl sites for hydroxylation is 4. The first-order chi connectivity index (χ1) is 30.3. The lowest BCUT2D eigenvalue weighted by molar-refractivity contribution is -0.606. The Morgan fingerprint density at radius 2 is 1.46 bits per heavy atom. The maximum Gasteiger partial charge on any atom is 0.331 e. The van der Waals surface area contributed by atoms with E-state index in [1.807, 2.05) is 26.0 Å². The minimum Gasteiger partial charge on any atom is -0.494 e. The summed E-state index contributed by atoms with van der Waals surface area (Å²) in [5, 5.41) is 15.5. The van der Waals surface area contributed by atoms with Crippen LogP contribution in [0.15, 0.2) is 36.4 Å². The van der Waals surface area contributed by atoms with E-state index in [9.17, 15) is 19.2 Å². The van der Waals surface area contributed by atoms with E-state index in [2.05, 4.69) is 15.5 Å². The number of ether oxygens (including phenoxy) is 3. The molecule has 21 heteroatoms. The van der Waals surface area contributed by atoms with Crippen LogP contribution in [0.4, 0.5) is 11.9 Å². The van der Waals surface area contributed by atoms with Crippen LogP contribution in [0.3, 0.4) is 0 Å². The molecular weight excluding hydrogens is 813 g/mol. The largest absolute Gasteiger partial charge is 0.494 e. The van der Waals surface area contributed by atoms with Crippen LogP contribution in [0.5, 0.6) is 11.5 Å². The van der Waals surface area contributed by atoms with Gasteiger partial charge in [-0.15, -0.1) is 4.68 Å². The second-order valence-corrected chi connectivity index (χ2v) is 16.1. The number of likely N-dealkylation sites (tertiary alicyclic amines) is 1. The van der Waals surface area contributed by atoms with Crippen molar-refractivity contribution in [1.82, 2.24) is 43.6 Å². The number of carbonyl (C=O) groups is 4. The van der Waals surface area contributed by atoms with Crippen LogP contribution in [0.1, 0.15) is 73.6 Å². The van der Waals surface area contributed by atoms with Gasteiger partial charge in [0, 0.05) is 74.4 Å². The molecule has 328 valence electrons. The van der Waals surface area contributed by atoms with Gasteiger partial charge < -0.3 is 34.8 Å². The summed E-state index contributed by atoms with van der Waals surface area (Å²) in [7, 11) is 1.47. The second kappa shape index (κ2) is 16.0. The molecule has 0 bridgehead atoms. The van der Waals surface area contributed by atoms with Crippen LogP contribution in [-0.4, -0.2) is 114 Å². The number of anilines is 2. The Kier molecular flexibility index (Phi) is 10.4. The van der Waals surface area contributed by atoms with Gasteiger partial charge in [-0.25, -0.2) is 9.97 Å². The molecule has 1 spiro atoms. The molecule has 4 aromatic heterocycles. The van der Waals surface area contributed by atoms with Crippen LogP contribution >= 0.6 is 0 Å². The minimum atomic E-state index is -0.672. The van der Waals surface area contributed by atoms with Crippen LogP contribution in [-0.2, 0) is 30.9 Å². The fourth-order valence-electron chi connectivity index (χ4n) is 9.01. The van der Waals surface area contributed by atoms with Crippen molar-refractivity contribution in [3.05, 3.63) is 70.6 Å². The summed E-state index contributed by atoms with van der Waals surface area (Å²) >= 11 is 0. The first-order valence-corrected chi connectivity index (χ1v) is 20.8. The third-order valence-corrected chi connectivity index (χ3v) is 11.9. The van der Waals surface area contributed by atoms with Gasteiger partial charge in [0.2, 0.25) is 23.7 Å². The summed E-state index contributed by atoms with van der Waals surface area (Å²) in [6.07, 6.45) is 4.78. The van der Waals surface area contributed by atoms with E-state index in [4.69, 9.17) is 45.8 Å². The summed E-state index contributed by atoms with van der Waals surface area (Å²) in [5.41, 5.74) is 14.8. The van der Waals surface area contributed by atoms with Gasteiger partial charge >= 0.3 is 11.7 Å². The number of methoxy groups -OCH3 is 1. The van der Waals surface area contributed by atoms with E-state index in [-0.39, 0.29) is 53.0 Å². The molecular formula is C42H49N14O7+. The number of hydrogen-bond acceptors (Lipinski definition) is 12. The summed E-state index contributed by atoms with van der Waals surface area (Å²) < 4.78 is 26.1. The molecule has 0 radical (unpaired) electrons. The van der Waals surface area contributed by atoms with E-state index in [0.717, 1.165) is 32.7 Å². The molecule has 0 atom stereocenters. The van der Waals surface area contributed by atoms with E-state index < -0.39 is 23.6 Å². The Morgan fingerprint density at radius 1 is 0.857 bits per heavy atom. The van der Waals surface area contributed by atoms with Gasteiger partial charge in [0.05, 0.1) is 30.4 Å². The fraction of sp³-hybridized carbons (Fsp3) is 0.405. The monoisotopic (exact) mass is 861 g/mol. The third-order valence-electron chi connectivity index (χ3n) is 11.9. The average molecular weight is 862 g/mol. The number of benzene rings is 2. The van der Waals surface area contributed by atoms with E-state index in [1.165, 1.54) is 17.9 Å². The lowest BCUT2D eigenvalue weighted by Gasteiger charge is -2.47. The first kappa shape index (κ1) is 41.2. The molecule has 0 unspecified atom stereocenters. The van der Waals surface area contributed by atoms with Crippen molar-refractivity contribution in [3.8, 4) is 17.2 Å². The van der Waals surface area contributed by atoms with Gasteiger partial charge in [0.1, 0.15) is 35.7 Å². The van der Waals surface area contributed by atoms with Crippen molar-refractivity contribution in [2.24, 2.45) is 16.9 Å². The van der Waals surface area contributed by atoms with Crippen molar-refractivity contribution in [3.63, 3.8) is 0 Å². The molecule has 21 nitrogen and oxygen atoms in total. The lowest BCUT2D eigenvalue weighted by Crippen LogP contribution is -2.57. The Bertz CT molecular complexity index is 2890. The quantitative estimate of drug-likeness (QED) is 0.121. The number of hydrogen-bond donors (Lipinski definition) is 4. The molecule has 63 heavy (non-hydrogen) atoms. The Morgan fingerprint density at radius 3 is 2.03 bits per heavy atom. The number of primary amides is 2. The number of rotatable bonds is 9. The summed E-state index contributed by atoms with van der Waals surface area (Å²) in [5.74, 6) is -0.946. The Balaban J connectivity index is 1.21. The van der Waals surface area contributed by atoms with Gasteiger partial charge in [-0.3, -0.25) is 39.4 Å². The molecule has 0 aliphatic carbocycles. The van der Waals surface area contributed by atoms with Crippen molar-refractivity contribution in [2.45, 2.75) is 60.3 Å². The van der Waals surface area contributed by atoms with Gasteiger partial charge in [0.25, 0.3) is 11.7 Å². The number of nitrogens with zero attached hydrogens (tertiary/aromatic N) is 10. The molecule has 6 aromatic rings. The minimum absolute atomic E-state index is 0.104. The van der Waals surface area contributed by atoms with Gasteiger partial charge in [0.15, 0.2) is 11.4 Å². The van der Waals surface area contributed by atoms with Gasteiger partial charge in [-0.1, -0.05) is 12.2 Å². The van der Waals surface area contributed by atoms with Crippen LogP contribution in [0.2, 0.25) is 0 Å². The van der Waals surface area contributed by atoms with Crippen LogP contribution in [0.25, 0.3) is 27.8 Å². The zero-order chi connectivity index (χ0) is 44.3. The highest BCUT2D eigenvalue weighted by Gasteiger charge is 2.45. The molecule has 7 heterocycles. The number of fused-ring (bicyclic) bond motifs is 9. The molecule has 0 saturated carbocycles. The van der Waals surface area contributed by atoms with E-state index in [1.54, 1.807) is 50.4 Å². The van der Waals surface area contributed by atoms with Crippen molar-refractivity contribution in [1.29, 1.82) is 0 Å². The first-order valence-electron chi connectivity index (χ1n) is 20.8. The standard InChI is InChI=1S/C42H48N14O7/c1-6-54-34-31(23(3)49-54)56-24(4)50-55(7-2)39(56)38(60)48-41-45-27-16-25(35(43)57)18-29(61-5)32(27)52(41)11-8-9-12-53-33-28(46-40(53)47-37(34)59)17-26(36(44)58)19-30(33)63-15-13-51-20-42(21-51)10-14-62-22-42/h8-9,16-19H,6-7,10-15,20-22H2,1-5H3,(H5-,43,44,45,46,47,48,57,58,59,60)/p+1/b9-8+. The molecule has 2 fully saturated rings. The van der Waals surface area contributed by atoms with Crippen LogP contribution in [0, 0.1) is 19.3 Å². The zero-order valence-electron chi connectivity index (χ0n) is 35.7. The highest BCUT2D eigenvalue weighted by molar-refractivity contribution is 6.07. The Labute approximate surface area is 360 Å². The molecule has 2 aromatic carbocycles. The highest BCUT2D eigenvalue weighted by atomic mass is 16.5. The smallest absolute Gasteiger partial charge is 0.331 e. The number of imidazole rings is 2. The average Bonchev–Trinajstić information content (AvgIpc) is 4.07. The van der Waals surface area contributed by atoms with Crippen LogP contribution < -0.4 is 36.1 Å². The maximum atomic E-state index is 14.8. The molecule has 4 amide bonds. The summed E-state index contributed by atoms with van der Waals surface area (Å²) in [4.78, 5) is 66.4. The maximum absolute atomic E-state index is 14.8. The molecule has 9 rings (SSSR count). The predicted molar refractivity (Wildman–Crippen MR) is 228 cm³/mol. The van der Waals surface area contributed by atoms with Crippen molar-refractivity contribution in [2.75, 3.05) is 57.2 Å². The van der Waals surface area contributed by atoms with Crippen molar-refractivity contribution < 1.29 is 38.0 Å². The molecule has 3 aliphatic heterocycles. The fourth-order valence-corrected chi connectivity index (χ4v) is 9.01. The normalized spacial score (nSPS) is 16.8. The van der Waals surface area contributed by atoms with E-state index >= 15 is 0 Å².